The Morgan fingerprint density at radius 1 is 1.50 bits per heavy atom. The Labute approximate surface area is 112 Å². The van der Waals surface area contributed by atoms with Crippen molar-refractivity contribution in [2.24, 2.45) is 5.73 Å². The van der Waals surface area contributed by atoms with Crippen molar-refractivity contribution in [3.63, 3.8) is 0 Å². The lowest BCUT2D eigenvalue weighted by molar-refractivity contribution is 0.473. The fourth-order valence-corrected chi connectivity index (χ4v) is 1.80. The fourth-order valence-electron chi connectivity index (χ4n) is 1.28. The van der Waals surface area contributed by atoms with Crippen LogP contribution in [0.3, 0.4) is 0 Å². The van der Waals surface area contributed by atoms with E-state index in [1.807, 2.05) is 25.1 Å². The van der Waals surface area contributed by atoms with Gasteiger partial charge in [-0.05, 0) is 41.6 Å². The van der Waals surface area contributed by atoms with Crippen LogP contribution in [0.5, 0.6) is 0 Å². The lowest BCUT2D eigenvalue weighted by atomic mass is 10.2. The second-order valence-corrected chi connectivity index (χ2v) is 5.05. The molecule has 5 heteroatoms. The number of hydrogen-bond acceptors (Lipinski definition) is 3. The van der Waals surface area contributed by atoms with Crippen LogP contribution in [0.1, 0.15) is 18.9 Å². The Morgan fingerprint density at radius 3 is 2.81 bits per heavy atom. The zero-order valence-corrected chi connectivity index (χ0v) is 11.5. The van der Waals surface area contributed by atoms with E-state index in [1.54, 1.807) is 6.20 Å². The molecule has 0 fully saturated rings. The van der Waals surface area contributed by atoms with Crippen molar-refractivity contribution >= 4 is 34.2 Å². The highest BCUT2D eigenvalue weighted by Crippen LogP contribution is 2.27. The van der Waals surface area contributed by atoms with E-state index < -0.39 is 0 Å². The molecule has 0 amide bonds. The summed E-state index contributed by atoms with van der Waals surface area (Å²) in [5.74, 6) is 1.22. The maximum absolute atomic E-state index is 6.04. The van der Waals surface area contributed by atoms with Crippen molar-refractivity contribution in [2.45, 2.75) is 13.0 Å². The van der Waals surface area contributed by atoms with Crippen LogP contribution >= 0.6 is 34.2 Å². The van der Waals surface area contributed by atoms with Crippen LogP contribution in [-0.4, -0.2) is 4.98 Å². The van der Waals surface area contributed by atoms with Crippen molar-refractivity contribution < 1.29 is 4.42 Å². The molecule has 1 heterocycles. The maximum Gasteiger partial charge on any atom is 0.211 e. The molecular weight excluding hydrogens is 338 g/mol. The number of nitrogens with two attached hydrogens (primary N) is 1. The zero-order valence-electron chi connectivity index (χ0n) is 8.58. The van der Waals surface area contributed by atoms with E-state index in [2.05, 4.69) is 27.6 Å². The summed E-state index contributed by atoms with van der Waals surface area (Å²) in [5, 5.41) is 0.705. The first-order valence-electron chi connectivity index (χ1n) is 4.74. The molecule has 0 spiro atoms. The molecule has 2 aromatic rings. The van der Waals surface area contributed by atoms with Crippen molar-refractivity contribution in [3.8, 4) is 11.3 Å². The molecule has 1 aromatic carbocycles. The zero-order chi connectivity index (χ0) is 11.7. The van der Waals surface area contributed by atoms with Gasteiger partial charge in [-0.25, -0.2) is 4.98 Å². The van der Waals surface area contributed by atoms with Crippen molar-refractivity contribution in [3.05, 3.63) is 38.9 Å². The number of rotatable bonds is 2. The van der Waals surface area contributed by atoms with Gasteiger partial charge in [0, 0.05) is 9.13 Å². The van der Waals surface area contributed by atoms with E-state index in [-0.39, 0.29) is 6.04 Å². The van der Waals surface area contributed by atoms with Gasteiger partial charge in [-0.1, -0.05) is 17.7 Å². The van der Waals surface area contributed by atoms with Crippen LogP contribution < -0.4 is 5.73 Å². The number of hydrogen-bond donors (Lipinski definition) is 1. The van der Waals surface area contributed by atoms with Crippen LogP contribution in [0.15, 0.2) is 28.8 Å². The quantitative estimate of drug-likeness (QED) is 0.843. The molecule has 0 aliphatic rings. The maximum atomic E-state index is 6.04. The summed E-state index contributed by atoms with van der Waals surface area (Å²) < 4.78 is 6.54. The second-order valence-electron chi connectivity index (χ2n) is 3.48. The van der Waals surface area contributed by atoms with E-state index in [0.29, 0.717) is 16.7 Å². The van der Waals surface area contributed by atoms with Gasteiger partial charge in [0.25, 0.3) is 0 Å². The number of benzene rings is 1. The van der Waals surface area contributed by atoms with Gasteiger partial charge in [0.05, 0.1) is 17.3 Å². The van der Waals surface area contributed by atoms with E-state index in [1.165, 1.54) is 0 Å². The van der Waals surface area contributed by atoms with Gasteiger partial charge in [-0.15, -0.1) is 0 Å². The molecule has 0 radical (unpaired) electrons. The van der Waals surface area contributed by atoms with Crippen LogP contribution in [-0.2, 0) is 0 Å². The molecule has 16 heavy (non-hydrogen) atoms. The standard InChI is InChI=1S/C11H10ClIN2O/c1-6(14)11-15-5-10(16-11)7-2-3-9(13)8(12)4-7/h2-6H,14H2,1H3. The SMILES string of the molecule is CC(N)c1ncc(-c2ccc(I)c(Cl)c2)o1. The molecule has 1 unspecified atom stereocenters. The minimum Gasteiger partial charge on any atom is -0.439 e. The summed E-state index contributed by atoms with van der Waals surface area (Å²) in [7, 11) is 0. The molecule has 2 rings (SSSR count). The number of oxazole rings is 1. The molecule has 3 nitrogen and oxygen atoms in total. The smallest absolute Gasteiger partial charge is 0.211 e. The highest BCUT2D eigenvalue weighted by atomic mass is 127. The summed E-state index contributed by atoms with van der Waals surface area (Å²) in [4.78, 5) is 4.11. The number of aromatic nitrogens is 1. The van der Waals surface area contributed by atoms with Crippen LogP contribution in [0.2, 0.25) is 5.02 Å². The fraction of sp³-hybridized carbons (Fsp3) is 0.182. The Bertz CT molecular complexity index is 510. The second kappa shape index (κ2) is 4.73. The predicted octanol–water partition coefficient (Wildman–Crippen LogP) is 3.62. The predicted molar refractivity (Wildman–Crippen MR) is 72.3 cm³/mol. The Balaban J connectivity index is 2.39. The monoisotopic (exact) mass is 348 g/mol. The first-order valence-corrected chi connectivity index (χ1v) is 6.20. The summed E-state index contributed by atoms with van der Waals surface area (Å²) in [5.41, 5.74) is 6.58. The summed E-state index contributed by atoms with van der Waals surface area (Å²) in [6.07, 6.45) is 1.66. The van der Waals surface area contributed by atoms with E-state index >= 15 is 0 Å². The van der Waals surface area contributed by atoms with Crippen LogP contribution in [0.25, 0.3) is 11.3 Å². The Kier molecular flexibility index (Phi) is 3.51. The normalized spacial score (nSPS) is 12.8. The molecule has 0 aliphatic heterocycles. The summed E-state index contributed by atoms with van der Waals surface area (Å²) >= 11 is 8.22. The molecule has 1 aromatic heterocycles. The molecule has 0 saturated carbocycles. The molecule has 1 atom stereocenters. The highest BCUT2D eigenvalue weighted by Gasteiger charge is 2.10. The van der Waals surface area contributed by atoms with Crippen molar-refractivity contribution in [1.82, 2.24) is 4.98 Å². The molecule has 2 N–H and O–H groups in total. The van der Waals surface area contributed by atoms with Crippen molar-refractivity contribution in [2.75, 3.05) is 0 Å². The van der Waals surface area contributed by atoms with Gasteiger partial charge in [-0.3, -0.25) is 0 Å². The van der Waals surface area contributed by atoms with E-state index in [0.717, 1.165) is 9.13 Å². The minimum absolute atomic E-state index is 0.201. The largest absolute Gasteiger partial charge is 0.439 e. The summed E-state index contributed by atoms with van der Waals surface area (Å²) in [6.45, 7) is 1.83. The Morgan fingerprint density at radius 2 is 2.25 bits per heavy atom. The van der Waals surface area contributed by atoms with Crippen LogP contribution in [0, 0.1) is 3.57 Å². The van der Waals surface area contributed by atoms with E-state index in [9.17, 15) is 0 Å². The van der Waals surface area contributed by atoms with E-state index in [4.69, 9.17) is 21.8 Å². The molecule has 0 bridgehead atoms. The average molecular weight is 349 g/mol. The molecular formula is C11H10ClIN2O. The first-order chi connectivity index (χ1) is 7.58. The van der Waals surface area contributed by atoms with Gasteiger partial charge >= 0.3 is 0 Å². The third-order valence-corrected chi connectivity index (χ3v) is 3.69. The average Bonchev–Trinajstić information content (AvgIpc) is 2.71. The number of nitrogens with zero attached hydrogens (tertiary/aromatic N) is 1. The lowest BCUT2D eigenvalue weighted by Crippen LogP contribution is -2.04. The third kappa shape index (κ3) is 2.39. The van der Waals surface area contributed by atoms with Gasteiger partial charge in [-0.2, -0.15) is 0 Å². The van der Waals surface area contributed by atoms with Gasteiger partial charge in [0.1, 0.15) is 0 Å². The van der Waals surface area contributed by atoms with Gasteiger partial charge in [0.2, 0.25) is 5.89 Å². The molecule has 0 saturated heterocycles. The first kappa shape index (κ1) is 11.9. The third-order valence-electron chi connectivity index (χ3n) is 2.12. The Hall–Kier alpha value is -0.590. The molecule has 84 valence electrons. The number of halogens is 2. The lowest BCUT2D eigenvalue weighted by Gasteiger charge is -2.00. The van der Waals surface area contributed by atoms with Gasteiger partial charge < -0.3 is 10.2 Å². The molecule has 0 aliphatic carbocycles. The minimum atomic E-state index is -0.201. The van der Waals surface area contributed by atoms with Gasteiger partial charge in [0.15, 0.2) is 5.76 Å². The summed E-state index contributed by atoms with van der Waals surface area (Å²) in [6, 6.07) is 5.54. The van der Waals surface area contributed by atoms with Crippen molar-refractivity contribution in [1.29, 1.82) is 0 Å². The highest BCUT2D eigenvalue weighted by molar-refractivity contribution is 14.1. The topological polar surface area (TPSA) is 52.0 Å². The van der Waals surface area contributed by atoms with Crippen LogP contribution in [0.4, 0.5) is 0 Å².